The Kier molecular flexibility index (Phi) is 6.08. The summed E-state index contributed by atoms with van der Waals surface area (Å²) in [5.74, 6) is -1.45. The van der Waals surface area contributed by atoms with Gasteiger partial charge in [0.1, 0.15) is 0 Å². The van der Waals surface area contributed by atoms with Gasteiger partial charge in [0.25, 0.3) is 5.91 Å². The molecule has 0 aliphatic heterocycles. The highest BCUT2D eigenvalue weighted by Gasteiger charge is 2.11. The maximum atomic E-state index is 11.8. The van der Waals surface area contributed by atoms with Gasteiger partial charge in [-0.15, -0.1) is 11.8 Å². The number of nitrogens with two attached hydrogens (primary N) is 1. The van der Waals surface area contributed by atoms with E-state index in [0.717, 1.165) is 4.90 Å². The summed E-state index contributed by atoms with van der Waals surface area (Å²) in [6, 6.07) is 7.15. The quantitative estimate of drug-likeness (QED) is 0.464. The fourth-order valence-corrected chi connectivity index (χ4v) is 1.77. The number of carbonyl (C=O) groups excluding carboxylic acids is 3. The summed E-state index contributed by atoms with van der Waals surface area (Å²) >= 11 is 1.59. The Balaban J connectivity index is 2.42. The predicted octanol–water partition coefficient (Wildman–Crippen LogP) is 1.40. The molecule has 0 fully saturated rings. The number of rotatable bonds is 7. The summed E-state index contributed by atoms with van der Waals surface area (Å²) in [5, 5.41) is 0. The molecule has 1 amide bonds. The van der Waals surface area contributed by atoms with E-state index < -0.39 is 18.5 Å². The van der Waals surface area contributed by atoms with Gasteiger partial charge in [0.05, 0.1) is 6.42 Å². The third-order valence-corrected chi connectivity index (χ3v) is 3.09. The van der Waals surface area contributed by atoms with Crippen LogP contribution in [0.2, 0.25) is 0 Å². The molecule has 0 radical (unpaired) electrons. The van der Waals surface area contributed by atoms with Crippen molar-refractivity contribution in [3.63, 3.8) is 0 Å². The lowest BCUT2D eigenvalue weighted by atomic mass is 10.1. The number of esters is 1. The van der Waals surface area contributed by atoms with Crippen LogP contribution in [0.5, 0.6) is 0 Å². The number of benzene rings is 1. The molecule has 0 aromatic heterocycles. The number of Topliss-reactive ketones (excluding diaryl/α,β-unsaturated/α-hetero) is 1. The second kappa shape index (κ2) is 7.58. The van der Waals surface area contributed by atoms with Crippen LogP contribution in [0.4, 0.5) is 0 Å². The fraction of sp³-hybridized carbons (Fsp3) is 0.308. The summed E-state index contributed by atoms with van der Waals surface area (Å²) in [7, 11) is 0. The maximum Gasteiger partial charge on any atom is 0.306 e. The molecular formula is C13H15NO4S. The number of ketones is 1. The Morgan fingerprint density at radius 1 is 1.16 bits per heavy atom. The number of primary amides is 1. The van der Waals surface area contributed by atoms with Crippen molar-refractivity contribution in [1.82, 2.24) is 0 Å². The zero-order valence-corrected chi connectivity index (χ0v) is 11.4. The van der Waals surface area contributed by atoms with Crippen LogP contribution in [0.3, 0.4) is 0 Å². The largest absolute Gasteiger partial charge is 0.456 e. The van der Waals surface area contributed by atoms with Crippen LogP contribution in [-0.2, 0) is 14.3 Å². The number of hydrogen-bond donors (Lipinski definition) is 1. The van der Waals surface area contributed by atoms with Crippen LogP contribution >= 0.6 is 11.8 Å². The molecule has 6 heteroatoms. The highest BCUT2D eigenvalue weighted by Crippen LogP contribution is 2.16. The van der Waals surface area contributed by atoms with Gasteiger partial charge in [-0.2, -0.15) is 0 Å². The molecule has 0 aliphatic carbocycles. The second-order valence-corrected chi connectivity index (χ2v) is 4.66. The van der Waals surface area contributed by atoms with E-state index in [2.05, 4.69) is 4.74 Å². The molecular weight excluding hydrogens is 266 g/mol. The molecule has 1 rings (SSSR count). The zero-order chi connectivity index (χ0) is 14.3. The summed E-state index contributed by atoms with van der Waals surface area (Å²) in [4.78, 5) is 34.4. The van der Waals surface area contributed by atoms with E-state index in [1.807, 2.05) is 18.4 Å². The lowest BCUT2D eigenvalue weighted by Gasteiger charge is -2.03. The highest BCUT2D eigenvalue weighted by molar-refractivity contribution is 7.98. The predicted molar refractivity (Wildman–Crippen MR) is 71.9 cm³/mol. The van der Waals surface area contributed by atoms with Gasteiger partial charge in [-0.3, -0.25) is 14.4 Å². The van der Waals surface area contributed by atoms with E-state index >= 15 is 0 Å². The lowest BCUT2D eigenvalue weighted by Crippen LogP contribution is -2.21. The first-order valence-corrected chi connectivity index (χ1v) is 6.86. The first-order valence-electron chi connectivity index (χ1n) is 5.64. The Morgan fingerprint density at radius 3 is 2.32 bits per heavy atom. The molecule has 0 aliphatic rings. The van der Waals surface area contributed by atoms with Crippen molar-refractivity contribution in [2.45, 2.75) is 17.7 Å². The molecule has 1 aromatic rings. The SMILES string of the molecule is CSc1ccc(C(=O)CCC(=O)OCC(N)=O)cc1. The van der Waals surface area contributed by atoms with Gasteiger partial charge in [-0.25, -0.2) is 0 Å². The standard InChI is InChI=1S/C13H15NO4S/c1-19-10-4-2-9(3-5-10)11(15)6-7-13(17)18-8-12(14)16/h2-5H,6-8H2,1H3,(H2,14,16). The van der Waals surface area contributed by atoms with Gasteiger partial charge in [0, 0.05) is 16.9 Å². The average Bonchev–Trinajstić information content (AvgIpc) is 2.42. The molecule has 0 heterocycles. The van der Waals surface area contributed by atoms with Crippen LogP contribution in [0.25, 0.3) is 0 Å². The third kappa shape index (κ3) is 5.56. The second-order valence-electron chi connectivity index (χ2n) is 3.78. The Labute approximate surface area is 115 Å². The van der Waals surface area contributed by atoms with Crippen molar-refractivity contribution in [2.24, 2.45) is 5.73 Å². The average molecular weight is 281 g/mol. The Morgan fingerprint density at radius 2 is 1.79 bits per heavy atom. The van der Waals surface area contributed by atoms with Crippen LogP contribution in [0.1, 0.15) is 23.2 Å². The van der Waals surface area contributed by atoms with E-state index in [1.165, 1.54) is 0 Å². The minimum Gasteiger partial charge on any atom is -0.456 e. The smallest absolute Gasteiger partial charge is 0.306 e. The van der Waals surface area contributed by atoms with Gasteiger partial charge in [-0.05, 0) is 18.4 Å². The summed E-state index contributed by atoms with van der Waals surface area (Å²) < 4.78 is 4.56. The molecule has 2 N–H and O–H groups in total. The van der Waals surface area contributed by atoms with E-state index in [-0.39, 0.29) is 18.6 Å². The van der Waals surface area contributed by atoms with Gasteiger partial charge >= 0.3 is 5.97 Å². The molecule has 19 heavy (non-hydrogen) atoms. The van der Waals surface area contributed by atoms with Crippen molar-refractivity contribution in [2.75, 3.05) is 12.9 Å². The third-order valence-electron chi connectivity index (χ3n) is 2.34. The Hall–Kier alpha value is -1.82. The number of thioether (sulfide) groups is 1. The van der Waals surface area contributed by atoms with Crippen LogP contribution < -0.4 is 5.73 Å². The topological polar surface area (TPSA) is 86.5 Å². The zero-order valence-electron chi connectivity index (χ0n) is 10.5. The number of carbonyl (C=O) groups is 3. The normalized spacial score (nSPS) is 9.95. The molecule has 1 aromatic carbocycles. The molecule has 0 spiro atoms. The van der Waals surface area contributed by atoms with E-state index in [9.17, 15) is 14.4 Å². The molecule has 0 saturated heterocycles. The Bertz CT molecular complexity index is 470. The van der Waals surface area contributed by atoms with Crippen LogP contribution in [-0.4, -0.2) is 30.5 Å². The van der Waals surface area contributed by atoms with Gasteiger partial charge in [0.15, 0.2) is 12.4 Å². The molecule has 0 atom stereocenters. The van der Waals surface area contributed by atoms with Crippen molar-refractivity contribution < 1.29 is 19.1 Å². The molecule has 0 saturated carbocycles. The molecule has 0 bridgehead atoms. The van der Waals surface area contributed by atoms with E-state index in [0.29, 0.717) is 5.56 Å². The lowest BCUT2D eigenvalue weighted by molar-refractivity contribution is -0.147. The van der Waals surface area contributed by atoms with E-state index in [4.69, 9.17) is 5.73 Å². The first kappa shape index (κ1) is 15.2. The van der Waals surface area contributed by atoms with Gasteiger partial charge < -0.3 is 10.5 Å². The van der Waals surface area contributed by atoms with Gasteiger partial charge in [0.2, 0.25) is 0 Å². The van der Waals surface area contributed by atoms with Crippen LogP contribution in [0.15, 0.2) is 29.2 Å². The molecule has 5 nitrogen and oxygen atoms in total. The minimum atomic E-state index is -0.715. The maximum absolute atomic E-state index is 11.8. The van der Waals surface area contributed by atoms with Crippen molar-refractivity contribution in [1.29, 1.82) is 0 Å². The number of ether oxygens (including phenoxy) is 1. The van der Waals surface area contributed by atoms with E-state index in [1.54, 1.807) is 23.9 Å². The monoisotopic (exact) mass is 281 g/mol. The summed E-state index contributed by atoms with van der Waals surface area (Å²) in [6.07, 6.45) is 1.94. The number of hydrogen-bond acceptors (Lipinski definition) is 5. The van der Waals surface area contributed by atoms with Crippen molar-refractivity contribution in [3.05, 3.63) is 29.8 Å². The summed E-state index contributed by atoms with van der Waals surface area (Å²) in [5.41, 5.74) is 5.39. The fourth-order valence-electron chi connectivity index (χ4n) is 1.36. The molecule has 0 unspecified atom stereocenters. The van der Waals surface area contributed by atoms with Crippen molar-refractivity contribution in [3.8, 4) is 0 Å². The molecule has 102 valence electrons. The highest BCUT2D eigenvalue weighted by atomic mass is 32.2. The summed E-state index contributed by atoms with van der Waals surface area (Å²) in [6.45, 7) is -0.449. The number of amides is 1. The van der Waals surface area contributed by atoms with Crippen molar-refractivity contribution >= 4 is 29.4 Å². The first-order chi connectivity index (χ1) is 9.02. The minimum absolute atomic E-state index is 0.0518. The van der Waals surface area contributed by atoms with Gasteiger partial charge in [-0.1, -0.05) is 12.1 Å². The van der Waals surface area contributed by atoms with Crippen LogP contribution in [0, 0.1) is 0 Å².